The van der Waals surface area contributed by atoms with Crippen LogP contribution in [-0.2, 0) is 0 Å². The highest BCUT2D eigenvalue weighted by Crippen LogP contribution is 2.20. The quantitative estimate of drug-likeness (QED) is 0.756. The second-order valence-electron chi connectivity index (χ2n) is 6.68. The van der Waals surface area contributed by atoms with Gasteiger partial charge in [0.05, 0.1) is 0 Å². The molecule has 0 aliphatic carbocycles. The molecule has 0 amide bonds. The third-order valence-corrected chi connectivity index (χ3v) is 4.54. The minimum Gasteiger partial charge on any atom is -0.353 e. The van der Waals surface area contributed by atoms with E-state index in [2.05, 4.69) is 56.5 Å². The molecule has 140 valence electrons. The molecule has 0 radical (unpaired) electrons. The predicted octanol–water partition coefficient (Wildman–Crippen LogP) is 2.53. The Hall–Kier alpha value is -2.44. The lowest BCUT2D eigenvalue weighted by atomic mass is 10.3. The molecule has 2 aromatic rings. The van der Waals surface area contributed by atoms with E-state index in [-0.39, 0.29) is 0 Å². The molecule has 0 saturated carbocycles. The van der Waals surface area contributed by atoms with Crippen molar-refractivity contribution in [2.45, 2.75) is 33.6 Å². The lowest BCUT2D eigenvalue weighted by molar-refractivity contribution is 0.631. The Labute approximate surface area is 156 Å². The summed E-state index contributed by atoms with van der Waals surface area (Å²) in [5, 5.41) is 0. The maximum absolute atomic E-state index is 4.88. The number of nitrogens with zero attached hydrogens (tertiary/aromatic N) is 7. The van der Waals surface area contributed by atoms with Crippen LogP contribution in [0.5, 0.6) is 0 Å². The van der Waals surface area contributed by atoms with E-state index < -0.39 is 0 Å². The largest absolute Gasteiger partial charge is 0.353 e. The van der Waals surface area contributed by atoms with E-state index in [1.807, 2.05) is 6.07 Å². The smallest absolute Gasteiger partial charge is 0.227 e. The lowest BCUT2D eigenvalue weighted by Gasteiger charge is -2.35. The van der Waals surface area contributed by atoms with Crippen molar-refractivity contribution < 1.29 is 0 Å². The molecule has 0 spiro atoms. The van der Waals surface area contributed by atoms with Crippen molar-refractivity contribution in [2.75, 3.05) is 54.0 Å². The van der Waals surface area contributed by atoms with Gasteiger partial charge >= 0.3 is 0 Å². The third kappa shape index (κ3) is 4.39. The van der Waals surface area contributed by atoms with Gasteiger partial charge in [0.25, 0.3) is 0 Å². The number of aryl methyl sites for hydroxylation is 1. The number of anilines is 3. The fraction of sp³-hybridized carbons (Fsp3) is 0.579. The summed E-state index contributed by atoms with van der Waals surface area (Å²) in [6.45, 7) is 12.1. The van der Waals surface area contributed by atoms with E-state index in [9.17, 15) is 0 Å². The Morgan fingerprint density at radius 2 is 1.54 bits per heavy atom. The predicted molar refractivity (Wildman–Crippen MR) is 106 cm³/mol. The molecule has 7 heteroatoms. The number of aromatic nitrogens is 4. The van der Waals surface area contributed by atoms with Crippen molar-refractivity contribution in [3.63, 3.8) is 0 Å². The van der Waals surface area contributed by atoms with Gasteiger partial charge in [0.2, 0.25) is 11.9 Å². The van der Waals surface area contributed by atoms with Gasteiger partial charge in [0.1, 0.15) is 5.82 Å². The van der Waals surface area contributed by atoms with Gasteiger partial charge in [-0.2, -0.15) is 4.98 Å². The number of hydrogen-bond donors (Lipinski definition) is 0. The van der Waals surface area contributed by atoms with Gasteiger partial charge in [0, 0.05) is 63.4 Å². The zero-order valence-corrected chi connectivity index (χ0v) is 16.1. The van der Waals surface area contributed by atoms with Crippen LogP contribution in [0.1, 0.15) is 32.4 Å². The Morgan fingerprint density at radius 3 is 2.15 bits per heavy atom. The van der Waals surface area contributed by atoms with E-state index in [1.54, 1.807) is 12.4 Å². The fourth-order valence-electron chi connectivity index (χ4n) is 3.28. The Kier molecular flexibility index (Phi) is 6.20. The highest BCUT2D eigenvalue weighted by Gasteiger charge is 2.21. The summed E-state index contributed by atoms with van der Waals surface area (Å²) in [5.74, 6) is 2.69. The van der Waals surface area contributed by atoms with Crippen molar-refractivity contribution in [3.05, 3.63) is 30.2 Å². The fourth-order valence-corrected chi connectivity index (χ4v) is 3.28. The molecule has 0 bridgehead atoms. The van der Waals surface area contributed by atoms with Gasteiger partial charge in [-0.1, -0.05) is 13.8 Å². The van der Waals surface area contributed by atoms with Gasteiger partial charge in [-0.3, -0.25) is 0 Å². The summed E-state index contributed by atoms with van der Waals surface area (Å²) < 4.78 is 0. The standard InChI is InChI=1S/C19H29N7/c1-4-9-25(10-5-2)19-22-16(3)15-17(23-19)24-11-13-26(14-12-24)18-20-7-6-8-21-18/h6-8,15H,4-5,9-14H2,1-3H3. The second kappa shape index (κ2) is 8.78. The highest BCUT2D eigenvalue weighted by atomic mass is 15.3. The van der Waals surface area contributed by atoms with E-state index >= 15 is 0 Å². The molecule has 3 heterocycles. The van der Waals surface area contributed by atoms with Crippen LogP contribution >= 0.6 is 0 Å². The van der Waals surface area contributed by atoms with Crippen molar-refractivity contribution in [1.82, 2.24) is 19.9 Å². The summed E-state index contributed by atoms with van der Waals surface area (Å²) in [4.78, 5) is 25.1. The normalized spacial score (nSPS) is 14.6. The zero-order valence-electron chi connectivity index (χ0n) is 16.1. The van der Waals surface area contributed by atoms with Crippen molar-refractivity contribution in [3.8, 4) is 0 Å². The number of piperazine rings is 1. The molecule has 7 nitrogen and oxygen atoms in total. The van der Waals surface area contributed by atoms with Crippen molar-refractivity contribution >= 4 is 17.7 Å². The molecular formula is C19H29N7. The summed E-state index contributed by atoms with van der Waals surface area (Å²) >= 11 is 0. The van der Waals surface area contributed by atoms with E-state index in [1.165, 1.54) is 0 Å². The van der Waals surface area contributed by atoms with Crippen LogP contribution in [0.15, 0.2) is 24.5 Å². The molecule has 0 atom stereocenters. The Morgan fingerprint density at radius 1 is 0.923 bits per heavy atom. The topological polar surface area (TPSA) is 61.3 Å². The first-order valence-corrected chi connectivity index (χ1v) is 9.58. The van der Waals surface area contributed by atoms with E-state index in [0.29, 0.717) is 0 Å². The molecule has 1 aliphatic rings. The first-order valence-electron chi connectivity index (χ1n) is 9.58. The van der Waals surface area contributed by atoms with E-state index in [4.69, 9.17) is 4.98 Å². The number of hydrogen-bond acceptors (Lipinski definition) is 7. The molecular weight excluding hydrogens is 326 g/mol. The van der Waals surface area contributed by atoms with E-state index in [0.717, 1.165) is 75.5 Å². The monoisotopic (exact) mass is 355 g/mol. The van der Waals surface area contributed by atoms with Gasteiger partial charge in [-0.05, 0) is 25.8 Å². The van der Waals surface area contributed by atoms with Crippen molar-refractivity contribution in [2.24, 2.45) is 0 Å². The average molecular weight is 355 g/mol. The molecule has 1 saturated heterocycles. The first-order chi connectivity index (χ1) is 12.7. The van der Waals surface area contributed by atoms with Crippen LogP contribution in [0.4, 0.5) is 17.7 Å². The second-order valence-corrected chi connectivity index (χ2v) is 6.68. The van der Waals surface area contributed by atoms with Crippen molar-refractivity contribution in [1.29, 1.82) is 0 Å². The zero-order chi connectivity index (χ0) is 18.4. The molecule has 1 fully saturated rings. The lowest BCUT2D eigenvalue weighted by Crippen LogP contribution is -2.47. The van der Waals surface area contributed by atoms with Crippen LogP contribution < -0.4 is 14.7 Å². The van der Waals surface area contributed by atoms with Gasteiger partial charge in [-0.25, -0.2) is 15.0 Å². The Balaban J connectivity index is 1.72. The Bertz CT molecular complexity index is 678. The average Bonchev–Trinajstić information content (AvgIpc) is 2.68. The molecule has 3 rings (SSSR count). The molecule has 2 aromatic heterocycles. The van der Waals surface area contributed by atoms with Crippen LogP contribution in [0.3, 0.4) is 0 Å². The van der Waals surface area contributed by atoms with Crippen LogP contribution in [0, 0.1) is 6.92 Å². The van der Waals surface area contributed by atoms with Crippen LogP contribution in [-0.4, -0.2) is 59.2 Å². The maximum Gasteiger partial charge on any atom is 0.227 e. The molecule has 1 aliphatic heterocycles. The minimum atomic E-state index is 0.809. The summed E-state index contributed by atoms with van der Waals surface area (Å²) in [5.41, 5.74) is 1.02. The summed E-state index contributed by atoms with van der Waals surface area (Å²) in [7, 11) is 0. The maximum atomic E-state index is 4.88. The highest BCUT2D eigenvalue weighted by molar-refractivity contribution is 5.47. The molecule has 0 unspecified atom stereocenters. The summed E-state index contributed by atoms with van der Waals surface area (Å²) in [6, 6.07) is 3.94. The minimum absolute atomic E-state index is 0.809. The SMILES string of the molecule is CCCN(CCC)c1nc(C)cc(N2CCN(c3ncccn3)CC2)n1. The molecule has 0 N–H and O–H groups in total. The van der Waals surface area contributed by atoms with Gasteiger partial charge < -0.3 is 14.7 Å². The van der Waals surface area contributed by atoms with Gasteiger partial charge in [-0.15, -0.1) is 0 Å². The van der Waals surface area contributed by atoms with Gasteiger partial charge in [0.15, 0.2) is 0 Å². The third-order valence-electron chi connectivity index (χ3n) is 4.54. The number of rotatable bonds is 7. The van der Waals surface area contributed by atoms with Crippen LogP contribution in [0.2, 0.25) is 0 Å². The summed E-state index contributed by atoms with van der Waals surface area (Å²) in [6.07, 6.45) is 5.79. The first kappa shape index (κ1) is 18.4. The molecule has 26 heavy (non-hydrogen) atoms. The molecule has 0 aromatic carbocycles. The van der Waals surface area contributed by atoms with Crippen LogP contribution in [0.25, 0.3) is 0 Å².